The summed E-state index contributed by atoms with van der Waals surface area (Å²) in [6.07, 6.45) is 2.35. The van der Waals surface area contributed by atoms with Gasteiger partial charge in [-0.15, -0.1) is 0 Å². The number of hydrogen-bond acceptors (Lipinski definition) is 4. The van der Waals surface area contributed by atoms with E-state index in [4.69, 9.17) is 9.84 Å². The molecule has 112 valence electrons. The van der Waals surface area contributed by atoms with Crippen LogP contribution in [-0.2, 0) is 19.6 Å². The summed E-state index contributed by atoms with van der Waals surface area (Å²) in [6.45, 7) is 4.29. The third-order valence-corrected chi connectivity index (χ3v) is 5.37. The molecule has 0 aliphatic carbocycles. The molecule has 0 amide bonds. The Bertz CT molecular complexity index is 387. The molecule has 0 saturated carbocycles. The molecule has 0 aromatic rings. The number of sulfonamides is 1. The first-order valence-electron chi connectivity index (χ1n) is 6.62. The zero-order chi connectivity index (χ0) is 14.5. The van der Waals surface area contributed by atoms with Crippen LogP contribution in [0, 0.1) is 5.92 Å². The second-order valence-corrected chi connectivity index (χ2v) is 7.23. The maximum Gasteiger partial charge on any atom is 0.318 e. The molecule has 1 fully saturated rings. The second-order valence-electron chi connectivity index (χ2n) is 5.19. The molecule has 0 bridgehead atoms. The van der Waals surface area contributed by atoms with E-state index in [1.54, 1.807) is 13.8 Å². The molecule has 0 unspecified atom stereocenters. The van der Waals surface area contributed by atoms with E-state index in [2.05, 4.69) is 0 Å². The van der Waals surface area contributed by atoms with Crippen molar-refractivity contribution in [2.24, 2.45) is 5.92 Å². The Labute approximate surface area is 114 Å². The van der Waals surface area contributed by atoms with Gasteiger partial charge in [-0.25, -0.2) is 8.42 Å². The summed E-state index contributed by atoms with van der Waals surface area (Å²) in [7, 11) is -3.50. The number of ether oxygens (including phenoxy) is 1. The van der Waals surface area contributed by atoms with Gasteiger partial charge in [0.2, 0.25) is 10.0 Å². The highest BCUT2D eigenvalue weighted by molar-refractivity contribution is 7.89. The molecule has 1 aliphatic rings. The Morgan fingerprint density at radius 2 is 1.95 bits per heavy atom. The topological polar surface area (TPSA) is 83.9 Å². The molecule has 6 nitrogen and oxygen atoms in total. The van der Waals surface area contributed by atoms with Crippen LogP contribution in [-0.4, -0.2) is 55.4 Å². The SMILES string of the molecule is CC(C)N(CC(=O)O)S(=O)(=O)CCC1CCOCC1. The Hall–Kier alpha value is -0.660. The highest BCUT2D eigenvalue weighted by Gasteiger charge is 2.28. The minimum Gasteiger partial charge on any atom is -0.480 e. The van der Waals surface area contributed by atoms with Gasteiger partial charge in [-0.2, -0.15) is 4.31 Å². The van der Waals surface area contributed by atoms with Crippen molar-refractivity contribution in [2.45, 2.75) is 39.2 Å². The average Bonchev–Trinajstić information content (AvgIpc) is 2.34. The number of aliphatic carboxylic acids is 1. The van der Waals surface area contributed by atoms with Gasteiger partial charge in [-0.05, 0) is 39.0 Å². The predicted molar refractivity (Wildman–Crippen MR) is 71.4 cm³/mol. The van der Waals surface area contributed by atoms with Gasteiger partial charge in [-0.3, -0.25) is 4.79 Å². The quantitative estimate of drug-likeness (QED) is 0.755. The zero-order valence-electron chi connectivity index (χ0n) is 11.5. The van der Waals surface area contributed by atoms with Crippen LogP contribution in [0.2, 0.25) is 0 Å². The van der Waals surface area contributed by atoms with Crippen molar-refractivity contribution in [1.29, 1.82) is 0 Å². The van der Waals surface area contributed by atoms with Gasteiger partial charge in [0.1, 0.15) is 6.54 Å². The van der Waals surface area contributed by atoms with Crippen LogP contribution in [0.3, 0.4) is 0 Å². The summed E-state index contributed by atoms with van der Waals surface area (Å²) in [5.41, 5.74) is 0. The maximum absolute atomic E-state index is 12.2. The summed E-state index contributed by atoms with van der Waals surface area (Å²) < 4.78 is 30.7. The van der Waals surface area contributed by atoms with Crippen molar-refractivity contribution < 1.29 is 23.1 Å². The molecule has 1 aliphatic heterocycles. The zero-order valence-corrected chi connectivity index (χ0v) is 12.4. The van der Waals surface area contributed by atoms with E-state index < -0.39 is 22.5 Å². The van der Waals surface area contributed by atoms with Crippen LogP contribution >= 0.6 is 0 Å². The van der Waals surface area contributed by atoms with Crippen LogP contribution in [0.4, 0.5) is 0 Å². The summed E-state index contributed by atoms with van der Waals surface area (Å²) in [5, 5.41) is 8.79. The number of carboxylic acid groups (broad SMARTS) is 1. The first-order valence-corrected chi connectivity index (χ1v) is 8.23. The summed E-state index contributed by atoms with van der Waals surface area (Å²) in [5.74, 6) is -0.742. The van der Waals surface area contributed by atoms with E-state index in [1.165, 1.54) is 0 Å². The lowest BCUT2D eigenvalue weighted by atomic mass is 9.98. The molecule has 19 heavy (non-hydrogen) atoms. The molecule has 1 heterocycles. The Morgan fingerprint density at radius 3 is 2.42 bits per heavy atom. The van der Waals surface area contributed by atoms with Crippen molar-refractivity contribution in [3.63, 3.8) is 0 Å². The van der Waals surface area contributed by atoms with Crippen LogP contribution in [0.15, 0.2) is 0 Å². The maximum atomic E-state index is 12.2. The first kappa shape index (κ1) is 16.4. The number of carbonyl (C=O) groups is 1. The lowest BCUT2D eigenvalue weighted by molar-refractivity contribution is -0.137. The second kappa shape index (κ2) is 7.21. The highest BCUT2D eigenvalue weighted by Crippen LogP contribution is 2.20. The van der Waals surface area contributed by atoms with Crippen LogP contribution < -0.4 is 0 Å². The van der Waals surface area contributed by atoms with E-state index in [9.17, 15) is 13.2 Å². The summed E-state index contributed by atoms with van der Waals surface area (Å²) >= 11 is 0. The molecule has 1 N–H and O–H groups in total. The standard InChI is InChI=1S/C12H23NO5S/c1-10(2)13(9-12(14)15)19(16,17)8-5-11-3-6-18-7-4-11/h10-11H,3-9H2,1-2H3,(H,14,15). The molecule has 0 atom stereocenters. The predicted octanol–water partition coefficient (Wildman–Crippen LogP) is 0.928. The van der Waals surface area contributed by atoms with Crippen LogP contribution in [0.5, 0.6) is 0 Å². The lowest BCUT2D eigenvalue weighted by Gasteiger charge is -2.26. The van der Waals surface area contributed by atoms with Gasteiger partial charge in [0.05, 0.1) is 5.75 Å². The monoisotopic (exact) mass is 293 g/mol. The molecule has 0 aromatic carbocycles. The van der Waals surface area contributed by atoms with E-state index >= 15 is 0 Å². The number of rotatable bonds is 7. The molecule has 0 radical (unpaired) electrons. The largest absolute Gasteiger partial charge is 0.480 e. The third-order valence-electron chi connectivity index (χ3n) is 3.35. The molecule has 0 aromatic heterocycles. The van der Waals surface area contributed by atoms with E-state index in [0.29, 0.717) is 25.6 Å². The first-order chi connectivity index (χ1) is 8.83. The Kier molecular flexibility index (Phi) is 6.22. The average molecular weight is 293 g/mol. The van der Waals surface area contributed by atoms with Gasteiger partial charge in [0, 0.05) is 19.3 Å². The fourth-order valence-corrected chi connectivity index (χ4v) is 4.02. The minimum atomic E-state index is -3.50. The lowest BCUT2D eigenvalue weighted by Crippen LogP contribution is -2.42. The van der Waals surface area contributed by atoms with Crippen LogP contribution in [0.1, 0.15) is 33.1 Å². The molecule has 1 rings (SSSR count). The van der Waals surface area contributed by atoms with Gasteiger partial charge in [0.15, 0.2) is 0 Å². The van der Waals surface area contributed by atoms with E-state index in [1.807, 2.05) is 0 Å². The van der Waals surface area contributed by atoms with Crippen molar-refractivity contribution in [3.05, 3.63) is 0 Å². The summed E-state index contributed by atoms with van der Waals surface area (Å²) in [4.78, 5) is 10.7. The minimum absolute atomic E-state index is 0.0170. The highest BCUT2D eigenvalue weighted by atomic mass is 32.2. The fourth-order valence-electron chi connectivity index (χ4n) is 2.20. The van der Waals surface area contributed by atoms with Crippen LogP contribution in [0.25, 0.3) is 0 Å². The van der Waals surface area contributed by atoms with E-state index in [0.717, 1.165) is 17.1 Å². The van der Waals surface area contributed by atoms with Crippen molar-refractivity contribution in [3.8, 4) is 0 Å². The van der Waals surface area contributed by atoms with E-state index in [-0.39, 0.29) is 11.8 Å². The molecule has 0 spiro atoms. The molecule has 7 heteroatoms. The number of carboxylic acids is 1. The fraction of sp³-hybridized carbons (Fsp3) is 0.917. The smallest absolute Gasteiger partial charge is 0.318 e. The van der Waals surface area contributed by atoms with Crippen molar-refractivity contribution >= 4 is 16.0 Å². The Balaban J connectivity index is 2.58. The van der Waals surface area contributed by atoms with Gasteiger partial charge < -0.3 is 9.84 Å². The van der Waals surface area contributed by atoms with Gasteiger partial charge in [-0.1, -0.05) is 0 Å². The summed E-state index contributed by atoms with van der Waals surface area (Å²) in [6, 6.07) is -0.337. The normalized spacial score (nSPS) is 18.1. The van der Waals surface area contributed by atoms with Crippen molar-refractivity contribution in [2.75, 3.05) is 25.5 Å². The number of nitrogens with zero attached hydrogens (tertiary/aromatic N) is 1. The number of hydrogen-bond donors (Lipinski definition) is 1. The van der Waals surface area contributed by atoms with Crippen molar-refractivity contribution in [1.82, 2.24) is 4.31 Å². The Morgan fingerprint density at radius 1 is 1.37 bits per heavy atom. The van der Waals surface area contributed by atoms with Gasteiger partial charge >= 0.3 is 5.97 Å². The molecular weight excluding hydrogens is 270 g/mol. The molecular formula is C12H23NO5S. The third kappa shape index (κ3) is 5.46. The molecule has 1 saturated heterocycles. The van der Waals surface area contributed by atoms with Gasteiger partial charge in [0.25, 0.3) is 0 Å².